The normalized spacial score (nSPS) is 12.0. The van der Waals surface area contributed by atoms with Crippen LogP contribution in [0, 0.1) is 5.41 Å². The molecule has 2 aromatic rings. The van der Waals surface area contributed by atoms with Gasteiger partial charge >= 0.3 is 0 Å². The molecule has 0 bridgehead atoms. The molecule has 8 heteroatoms. The highest BCUT2D eigenvalue weighted by Crippen LogP contribution is 2.20. The van der Waals surface area contributed by atoms with Gasteiger partial charge in [-0.05, 0) is 0 Å². The van der Waals surface area contributed by atoms with Gasteiger partial charge in [-0.15, -0.1) is 5.10 Å². The van der Waals surface area contributed by atoms with Crippen molar-refractivity contribution >= 4 is 17.0 Å². The summed E-state index contributed by atoms with van der Waals surface area (Å²) >= 11 is 0. The number of nitrogen functional groups attached to an aromatic ring is 1. The lowest BCUT2D eigenvalue weighted by Crippen LogP contribution is -2.24. The zero-order chi connectivity index (χ0) is 12.5. The average Bonchev–Trinajstić information content (AvgIpc) is 2.72. The van der Waals surface area contributed by atoms with Crippen molar-refractivity contribution in [3.63, 3.8) is 0 Å². The molecule has 0 fully saturated rings. The van der Waals surface area contributed by atoms with Gasteiger partial charge in [0.25, 0.3) is 0 Å². The fourth-order valence-electron chi connectivity index (χ4n) is 1.46. The van der Waals surface area contributed by atoms with Crippen LogP contribution in [-0.4, -0.2) is 36.7 Å². The Hall–Kier alpha value is -1.80. The van der Waals surface area contributed by atoms with Gasteiger partial charge in [0.2, 0.25) is 0 Å². The Morgan fingerprint density at radius 3 is 2.88 bits per heavy atom. The number of aliphatic hydroxyl groups is 1. The van der Waals surface area contributed by atoms with Gasteiger partial charge in [-0.1, -0.05) is 19.1 Å². The minimum atomic E-state index is -0.290. The van der Waals surface area contributed by atoms with E-state index in [0.29, 0.717) is 23.5 Å². The number of fused-ring (bicyclic) bond motifs is 1. The highest BCUT2D eigenvalue weighted by molar-refractivity contribution is 5.81. The molecule has 0 aliphatic rings. The van der Waals surface area contributed by atoms with Crippen molar-refractivity contribution in [2.75, 3.05) is 12.0 Å². The van der Waals surface area contributed by atoms with Crippen molar-refractivity contribution < 1.29 is 5.11 Å². The molecule has 0 unspecified atom stereocenters. The Kier molecular flexibility index (Phi) is 2.90. The molecule has 2 aromatic heterocycles. The van der Waals surface area contributed by atoms with Crippen molar-refractivity contribution in [1.82, 2.24) is 25.0 Å². The highest BCUT2D eigenvalue weighted by atomic mass is 16.3. The molecular formula is C9H15N7O. The van der Waals surface area contributed by atoms with Crippen molar-refractivity contribution in [3.8, 4) is 0 Å². The van der Waals surface area contributed by atoms with Crippen LogP contribution in [0.3, 0.4) is 0 Å². The van der Waals surface area contributed by atoms with Gasteiger partial charge in [0.15, 0.2) is 17.0 Å². The summed E-state index contributed by atoms with van der Waals surface area (Å²) in [6, 6.07) is 0. The Labute approximate surface area is 97.8 Å². The summed E-state index contributed by atoms with van der Waals surface area (Å²) in [6.45, 7) is 4.44. The molecule has 8 nitrogen and oxygen atoms in total. The third-order valence-corrected chi connectivity index (χ3v) is 2.44. The van der Waals surface area contributed by atoms with Crippen molar-refractivity contribution in [3.05, 3.63) is 6.33 Å². The maximum absolute atomic E-state index is 9.24. The fraction of sp³-hybridized carbons (Fsp3) is 0.556. The Bertz CT molecular complexity index is 521. The van der Waals surface area contributed by atoms with Crippen molar-refractivity contribution in [2.45, 2.75) is 20.4 Å². The number of nitrogens with one attached hydrogen (secondary N) is 1. The summed E-state index contributed by atoms with van der Waals surface area (Å²) in [5.41, 5.74) is 3.26. The van der Waals surface area contributed by atoms with Gasteiger partial charge in [-0.25, -0.2) is 20.5 Å². The van der Waals surface area contributed by atoms with Crippen LogP contribution in [-0.2, 0) is 6.54 Å². The lowest BCUT2D eigenvalue weighted by molar-refractivity contribution is 0.137. The molecule has 2 rings (SSSR count). The highest BCUT2D eigenvalue weighted by Gasteiger charge is 2.20. The topological polar surface area (TPSA) is 115 Å². The second kappa shape index (κ2) is 4.22. The second-order valence-corrected chi connectivity index (χ2v) is 4.61. The van der Waals surface area contributed by atoms with E-state index in [4.69, 9.17) is 5.84 Å². The largest absolute Gasteiger partial charge is 0.396 e. The average molecular weight is 237 g/mol. The maximum atomic E-state index is 9.24. The lowest BCUT2D eigenvalue weighted by atomic mass is 9.95. The SMILES string of the molecule is CC(C)(CO)Cn1nnc2c(NN)ncnc21. The smallest absolute Gasteiger partial charge is 0.183 e. The van der Waals surface area contributed by atoms with Crippen molar-refractivity contribution in [1.29, 1.82) is 0 Å². The number of aliphatic hydroxyl groups excluding tert-OH is 1. The molecule has 92 valence electrons. The lowest BCUT2D eigenvalue weighted by Gasteiger charge is -2.20. The van der Waals surface area contributed by atoms with Crippen LogP contribution in [0.25, 0.3) is 11.2 Å². The van der Waals surface area contributed by atoms with E-state index in [9.17, 15) is 5.11 Å². The van der Waals surface area contributed by atoms with E-state index in [1.807, 2.05) is 13.8 Å². The molecular weight excluding hydrogens is 222 g/mol. The van der Waals surface area contributed by atoms with Crippen molar-refractivity contribution in [2.24, 2.45) is 11.3 Å². The molecule has 17 heavy (non-hydrogen) atoms. The van der Waals surface area contributed by atoms with Gasteiger partial charge in [-0.2, -0.15) is 0 Å². The minimum Gasteiger partial charge on any atom is -0.396 e. The van der Waals surface area contributed by atoms with Crippen LogP contribution >= 0.6 is 0 Å². The first-order valence-corrected chi connectivity index (χ1v) is 5.19. The number of rotatable bonds is 4. The molecule has 0 amide bonds. The molecule has 0 saturated carbocycles. The predicted octanol–water partition coefficient (Wildman–Crippen LogP) is -0.475. The molecule has 0 aliphatic heterocycles. The first-order valence-electron chi connectivity index (χ1n) is 5.19. The third-order valence-electron chi connectivity index (χ3n) is 2.44. The standard InChI is InChI=1S/C9H15N7O/c1-9(2,4-17)3-16-8-6(14-15-16)7(13-10)11-5-12-8/h5,17H,3-4,10H2,1-2H3,(H,11,12,13). The molecule has 0 saturated heterocycles. The number of nitrogens with zero attached hydrogens (tertiary/aromatic N) is 5. The predicted molar refractivity (Wildman–Crippen MR) is 61.8 cm³/mol. The van der Waals surface area contributed by atoms with Gasteiger partial charge in [-0.3, -0.25) is 0 Å². The summed E-state index contributed by atoms with van der Waals surface area (Å²) in [5.74, 6) is 5.75. The quantitative estimate of drug-likeness (QED) is 0.486. The molecule has 0 spiro atoms. The Morgan fingerprint density at radius 1 is 1.47 bits per heavy atom. The molecule has 4 N–H and O–H groups in total. The van der Waals surface area contributed by atoms with Crippen LogP contribution < -0.4 is 11.3 Å². The van der Waals surface area contributed by atoms with E-state index in [1.54, 1.807) is 4.68 Å². The van der Waals surface area contributed by atoms with E-state index in [1.165, 1.54) is 6.33 Å². The number of hydrazine groups is 1. The Balaban J connectivity index is 2.43. The summed E-state index contributed by atoms with van der Waals surface area (Å²) in [6.07, 6.45) is 1.39. The zero-order valence-electron chi connectivity index (χ0n) is 9.75. The van der Waals surface area contributed by atoms with Gasteiger partial charge in [0, 0.05) is 12.0 Å². The van der Waals surface area contributed by atoms with E-state index >= 15 is 0 Å². The maximum Gasteiger partial charge on any atom is 0.183 e. The fourth-order valence-corrected chi connectivity index (χ4v) is 1.46. The summed E-state index contributed by atoms with van der Waals surface area (Å²) in [4.78, 5) is 8.06. The summed E-state index contributed by atoms with van der Waals surface area (Å²) < 4.78 is 1.63. The molecule has 0 atom stereocenters. The summed E-state index contributed by atoms with van der Waals surface area (Å²) in [5, 5.41) is 17.2. The van der Waals surface area contributed by atoms with E-state index in [0.717, 1.165) is 0 Å². The number of hydrogen-bond donors (Lipinski definition) is 3. The Morgan fingerprint density at radius 2 is 2.24 bits per heavy atom. The molecule has 0 aromatic carbocycles. The summed E-state index contributed by atoms with van der Waals surface area (Å²) in [7, 11) is 0. The number of hydrogen-bond acceptors (Lipinski definition) is 7. The van der Waals surface area contributed by atoms with E-state index < -0.39 is 0 Å². The van der Waals surface area contributed by atoms with Crippen LogP contribution in [0.2, 0.25) is 0 Å². The monoisotopic (exact) mass is 237 g/mol. The van der Waals surface area contributed by atoms with Gasteiger partial charge in [0.05, 0.1) is 6.54 Å². The number of aromatic nitrogens is 5. The van der Waals surface area contributed by atoms with E-state index in [2.05, 4.69) is 25.7 Å². The molecule has 2 heterocycles. The van der Waals surface area contributed by atoms with E-state index in [-0.39, 0.29) is 12.0 Å². The molecule has 0 radical (unpaired) electrons. The van der Waals surface area contributed by atoms with Gasteiger partial charge in [0.1, 0.15) is 6.33 Å². The van der Waals surface area contributed by atoms with Gasteiger partial charge < -0.3 is 10.5 Å². The van der Waals surface area contributed by atoms with Crippen LogP contribution in [0.4, 0.5) is 5.82 Å². The first kappa shape index (κ1) is 11.7. The number of nitrogens with two attached hydrogens (primary N) is 1. The van der Waals surface area contributed by atoms with Crippen LogP contribution in [0.1, 0.15) is 13.8 Å². The zero-order valence-corrected chi connectivity index (χ0v) is 9.75. The van der Waals surface area contributed by atoms with Crippen LogP contribution in [0.15, 0.2) is 6.33 Å². The third kappa shape index (κ3) is 2.17. The minimum absolute atomic E-state index is 0.0570. The molecule has 0 aliphatic carbocycles. The first-order chi connectivity index (χ1) is 8.07. The van der Waals surface area contributed by atoms with Crippen LogP contribution in [0.5, 0.6) is 0 Å². The number of anilines is 1. The second-order valence-electron chi connectivity index (χ2n) is 4.61.